The highest BCUT2D eigenvalue weighted by atomic mass is 19.1. The van der Waals surface area contributed by atoms with Crippen molar-refractivity contribution in [3.63, 3.8) is 0 Å². The van der Waals surface area contributed by atoms with Crippen LogP contribution in [0.25, 0.3) is 17.3 Å². The number of benzene rings is 2. The van der Waals surface area contributed by atoms with Gasteiger partial charge in [0.25, 0.3) is 0 Å². The van der Waals surface area contributed by atoms with Gasteiger partial charge >= 0.3 is 0 Å². The van der Waals surface area contributed by atoms with Crippen molar-refractivity contribution in [1.82, 2.24) is 4.57 Å². The van der Waals surface area contributed by atoms with E-state index in [1.54, 1.807) is 30.3 Å². The number of hydrogen-bond donors (Lipinski definition) is 0. The number of rotatable bonds is 3. The highest BCUT2D eigenvalue weighted by molar-refractivity contribution is 5.89. The lowest BCUT2D eigenvalue weighted by Gasteiger charge is -2.07. The summed E-state index contributed by atoms with van der Waals surface area (Å²) in [6, 6.07) is 17.7. The van der Waals surface area contributed by atoms with E-state index in [-0.39, 0.29) is 5.82 Å². The Kier molecular flexibility index (Phi) is 4.03. The number of nitrogens with zero attached hydrogens (tertiary/aromatic N) is 2. The molecule has 0 aliphatic rings. The Hall–Kier alpha value is -3.19. The lowest BCUT2D eigenvalue weighted by molar-refractivity contribution is 0.627. The standard InChI is InChI=1S/C19H12F2N2/c20-16-6-8-18(9-7-16)23-10-2-5-19(23)12-15(13-22)14-3-1-4-17(21)11-14/h1-12H/b15-12-. The van der Waals surface area contributed by atoms with E-state index in [0.717, 1.165) is 11.4 Å². The highest BCUT2D eigenvalue weighted by Crippen LogP contribution is 2.21. The summed E-state index contributed by atoms with van der Waals surface area (Å²) in [5, 5.41) is 9.37. The molecule has 0 N–H and O–H groups in total. The van der Waals surface area contributed by atoms with Crippen molar-refractivity contribution in [2.24, 2.45) is 0 Å². The van der Waals surface area contributed by atoms with Crippen molar-refractivity contribution in [2.45, 2.75) is 0 Å². The normalized spacial score (nSPS) is 11.3. The van der Waals surface area contributed by atoms with Gasteiger partial charge in [-0.15, -0.1) is 0 Å². The number of hydrogen-bond acceptors (Lipinski definition) is 1. The van der Waals surface area contributed by atoms with Crippen LogP contribution in [0, 0.1) is 23.0 Å². The van der Waals surface area contributed by atoms with E-state index in [9.17, 15) is 14.0 Å². The topological polar surface area (TPSA) is 28.7 Å². The molecule has 1 heterocycles. The van der Waals surface area contributed by atoms with E-state index in [1.165, 1.54) is 24.3 Å². The molecule has 0 aliphatic carbocycles. The smallest absolute Gasteiger partial charge is 0.123 e. The molecule has 0 amide bonds. The molecule has 4 heteroatoms. The van der Waals surface area contributed by atoms with E-state index in [2.05, 4.69) is 6.07 Å². The first-order valence-electron chi connectivity index (χ1n) is 6.98. The third kappa shape index (κ3) is 3.19. The number of aromatic nitrogens is 1. The molecule has 0 atom stereocenters. The summed E-state index contributed by atoms with van der Waals surface area (Å²) in [4.78, 5) is 0. The average molecular weight is 306 g/mol. The maximum absolute atomic E-state index is 13.3. The number of halogens is 2. The van der Waals surface area contributed by atoms with Crippen LogP contribution in [0.2, 0.25) is 0 Å². The Balaban J connectivity index is 2.04. The molecule has 0 spiro atoms. The van der Waals surface area contributed by atoms with Crippen LogP contribution in [0.1, 0.15) is 11.3 Å². The number of nitriles is 1. The maximum atomic E-state index is 13.3. The van der Waals surface area contributed by atoms with Crippen LogP contribution < -0.4 is 0 Å². The molecule has 0 radical (unpaired) electrons. The number of allylic oxidation sites excluding steroid dienone is 1. The van der Waals surface area contributed by atoms with Gasteiger partial charge in [-0.2, -0.15) is 5.26 Å². The highest BCUT2D eigenvalue weighted by Gasteiger charge is 2.06. The molecule has 0 unspecified atom stereocenters. The molecule has 0 saturated carbocycles. The second-order valence-electron chi connectivity index (χ2n) is 4.96. The molecule has 3 aromatic rings. The lowest BCUT2D eigenvalue weighted by atomic mass is 10.1. The van der Waals surface area contributed by atoms with Crippen LogP contribution in [0.4, 0.5) is 8.78 Å². The van der Waals surface area contributed by atoms with Gasteiger partial charge in [0.15, 0.2) is 0 Å². The minimum absolute atomic E-state index is 0.310. The van der Waals surface area contributed by atoms with Gasteiger partial charge in [0.2, 0.25) is 0 Å². The molecule has 1 aromatic heterocycles. The summed E-state index contributed by atoms with van der Waals surface area (Å²) in [5.74, 6) is -0.701. The summed E-state index contributed by atoms with van der Waals surface area (Å²) in [6.07, 6.45) is 3.50. The van der Waals surface area contributed by atoms with Crippen LogP contribution in [0.5, 0.6) is 0 Å². The van der Waals surface area contributed by atoms with Crippen LogP contribution in [0.3, 0.4) is 0 Å². The Morgan fingerprint density at radius 2 is 1.74 bits per heavy atom. The van der Waals surface area contributed by atoms with Crippen LogP contribution in [-0.2, 0) is 0 Å². The summed E-state index contributed by atoms with van der Waals surface area (Å²) in [5.41, 5.74) is 2.39. The van der Waals surface area contributed by atoms with Gasteiger partial charge in [0.1, 0.15) is 11.6 Å². The average Bonchev–Trinajstić information content (AvgIpc) is 3.01. The fraction of sp³-hybridized carbons (Fsp3) is 0. The first-order valence-corrected chi connectivity index (χ1v) is 6.98. The summed E-state index contributed by atoms with van der Waals surface area (Å²) in [6.45, 7) is 0. The molecule has 3 rings (SSSR count). The Bertz CT molecular complexity index is 900. The first kappa shape index (κ1) is 14.7. The van der Waals surface area contributed by atoms with Crippen molar-refractivity contribution in [2.75, 3.05) is 0 Å². The molecule has 0 aliphatic heterocycles. The van der Waals surface area contributed by atoms with Crippen molar-refractivity contribution in [1.29, 1.82) is 5.26 Å². The summed E-state index contributed by atoms with van der Waals surface area (Å²) in [7, 11) is 0. The third-order valence-electron chi connectivity index (χ3n) is 3.43. The molecule has 2 aromatic carbocycles. The van der Waals surface area contributed by atoms with Crippen molar-refractivity contribution in [3.05, 3.63) is 89.8 Å². The fourth-order valence-corrected chi connectivity index (χ4v) is 2.33. The second kappa shape index (κ2) is 6.29. The Labute approximate surface area is 132 Å². The molecule has 2 nitrogen and oxygen atoms in total. The Morgan fingerprint density at radius 3 is 2.43 bits per heavy atom. The van der Waals surface area contributed by atoms with Gasteiger partial charge in [-0.05, 0) is 60.2 Å². The van der Waals surface area contributed by atoms with Gasteiger partial charge in [-0.1, -0.05) is 12.1 Å². The van der Waals surface area contributed by atoms with E-state index < -0.39 is 5.82 Å². The summed E-state index contributed by atoms with van der Waals surface area (Å²) < 4.78 is 28.2. The van der Waals surface area contributed by atoms with Crippen molar-refractivity contribution >= 4 is 11.6 Å². The summed E-state index contributed by atoms with van der Waals surface area (Å²) >= 11 is 0. The SMILES string of the molecule is N#C/C(=C/c1cccn1-c1ccc(F)cc1)c1cccc(F)c1. The zero-order valence-electron chi connectivity index (χ0n) is 12.1. The van der Waals surface area contributed by atoms with Crippen molar-refractivity contribution < 1.29 is 8.78 Å². The maximum Gasteiger partial charge on any atom is 0.123 e. The van der Waals surface area contributed by atoms with E-state index in [0.29, 0.717) is 11.1 Å². The second-order valence-corrected chi connectivity index (χ2v) is 4.96. The largest absolute Gasteiger partial charge is 0.317 e. The van der Waals surface area contributed by atoms with E-state index >= 15 is 0 Å². The van der Waals surface area contributed by atoms with Crippen molar-refractivity contribution in [3.8, 4) is 11.8 Å². The van der Waals surface area contributed by atoms with Gasteiger partial charge in [-0.3, -0.25) is 0 Å². The minimum Gasteiger partial charge on any atom is -0.317 e. The predicted octanol–water partition coefficient (Wildman–Crippen LogP) is 4.82. The zero-order valence-corrected chi connectivity index (χ0v) is 12.1. The van der Waals surface area contributed by atoms with Gasteiger partial charge < -0.3 is 4.57 Å². The molecule has 23 heavy (non-hydrogen) atoms. The van der Waals surface area contributed by atoms with Crippen LogP contribution in [0.15, 0.2) is 66.9 Å². The molecule has 0 bridgehead atoms. The molecular formula is C19H12F2N2. The van der Waals surface area contributed by atoms with Crippen LogP contribution >= 0.6 is 0 Å². The fourth-order valence-electron chi connectivity index (χ4n) is 2.33. The van der Waals surface area contributed by atoms with Gasteiger partial charge in [0.05, 0.1) is 11.6 Å². The first-order chi connectivity index (χ1) is 11.2. The quantitative estimate of drug-likeness (QED) is 0.638. The molecular weight excluding hydrogens is 294 g/mol. The minimum atomic E-state index is -0.391. The Morgan fingerprint density at radius 1 is 0.957 bits per heavy atom. The van der Waals surface area contributed by atoms with E-state index in [1.807, 2.05) is 22.9 Å². The molecule has 112 valence electrons. The predicted molar refractivity (Wildman–Crippen MR) is 85.6 cm³/mol. The monoisotopic (exact) mass is 306 g/mol. The van der Waals surface area contributed by atoms with Crippen LogP contribution in [-0.4, -0.2) is 4.57 Å². The molecule has 0 saturated heterocycles. The van der Waals surface area contributed by atoms with Gasteiger partial charge in [-0.25, -0.2) is 8.78 Å². The van der Waals surface area contributed by atoms with Gasteiger partial charge in [0, 0.05) is 17.6 Å². The molecule has 0 fully saturated rings. The van der Waals surface area contributed by atoms with E-state index in [4.69, 9.17) is 0 Å². The zero-order chi connectivity index (χ0) is 16.2. The third-order valence-corrected chi connectivity index (χ3v) is 3.43. The lowest BCUT2D eigenvalue weighted by Crippen LogP contribution is -1.95.